The molecule has 182 valence electrons. The van der Waals surface area contributed by atoms with Crippen molar-refractivity contribution in [3.05, 3.63) is 84.2 Å². The molecule has 3 heterocycles. The monoisotopic (exact) mass is 496 g/mol. The third-order valence-corrected chi connectivity index (χ3v) is 7.57. The number of aliphatic hydroxyl groups is 1. The molecule has 0 unspecified atom stereocenters. The van der Waals surface area contributed by atoms with Crippen molar-refractivity contribution in [2.24, 2.45) is 0 Å². The quantitative estimate of drug-likeness (QED) is 0.216. The van der Waals surface area contributed by atoms with Gasteiger partial charge in [0.1, 0.15) is 11.6 Å². The van der Waals surface area contributed by atoms with Gasteiger partial charge in [-0.25, -0.2) is 9.97 Å². The van der Waals surface area contributed by atoms with Crippen LogP contribution in [0.1, 0.15) is 36.8 Å². The Morgan fingerprint density at radius 1 is 0.889 bits per heavy atom. The molecule has 8 heteroatoms. The normalized spacial score (nSPS) is 17.8. The Morgan fingerprint density at radius 3 is 2.53 bits per heavy atom. The minimum absolute atomic E-state index is 0.175. The molecule has 0 bridgehead atoms. The number of aliphatic hydroxyl groups excluding tert-OH is 1. The van der Waals surface area contributed by atoms with Crippen molar-refractivity contribution >= 4 is 38.3 Å². The predicted molar refractivity (Wildman–Crippen MR) is 146 cm³/mol. The summed E-state index contributed by atoms with van der Waals surface area (Å²) in [5, 5.41) is 24.7. The lowest BCUT2D eigenvalue weighted by atomic mass is 9.93. The van der Waals surface area contributed by atoms with Gasteiger partial charge in [-0.2, -0.15) is 5.10 Å². The summed E-state index contributed by atoms with van der Waals surface area (Å²) in [4.78, 5) is 9.67. The molecule has 1 saturated carbocycles. The van der Waals surface area contributed by atoms with Gasteiger partial charge in [-0.15, -0.1) is 0 Å². The van der Waals surface area contributed by atoms with Crippen LogP contribution < -0.4 is 10.6 Å². The summed E-state index contributed by atoms with van der Waals surface area (Å²) in [5.41, 5.74) is 5.56. The summed E-state index contributed by atoms with van der Waals surface area (Å²) in [6.07, 6.45) is 7.93. The van der Waals surface area contributed by atoms with Crippen molar-refractivity contribution in [1.29, 1.82) is 0 Å². The van der Waals surface area contributed by atoms with Crippen LogP contribution in [0.5, 0.6) is 0 Å². The second-order valence-corrected chi connectivity index (χ2v) is 10.4. The molecule has 0 radical (unpaired) electrons. The van der Waals surface area contributed by atoms with E-state index in [4.69, 9.17) is 9.97 Å². The molecule has 2 aromatic carbocycles. The fourth-order valence-corrected chi connectivity index (χ4v) is 5.68. The van der Waals surface area contributed by atoms with E-state index in [-0.39, 0.29) is 6.10 Å². The van der Waals surface area contributed by atoms with Crippen molar-refractivity contribution in [3.8, 4) is 11.1 Å². The summed E-state index contributed by atoms with van der Waals surface area (Å²) >= 11 is 1.61. The topological polar surface area (TPSA) is 98.7 Å². The Morgan fingerprint density at radius 2 is 1.72 bits per heavy atom. The van der Waals surface area contributed by atoms with E-state index in [0.29, 0.717) is 6.04 Å². The van der Waals surface area contributed by atoms with Gasteiger partial charge < -0.3 is 15.7 Å². The number of rotatable bonds is 7. The molecule has 0 spiro atoms. The number of benzene rings is 2. The first kappa shape index (κ1) is 22.7. The molecule has 3 aromatic heterocycles. The molecule has 6 rings (SSSR count). The zero-order valence-corrected chi connectivity index (χ0v) is 20.6. The highest BCUT2D eigenvalue weighted by Gasteiger charge is 2.20. The molecule has 0 amide bonds. The van der Waals surface area contributed by atoms with Crippen LogP contribution in [0.15, 0.2) is 73.1 Å². The number of fused-ring (bicyclic) bond motifs is 1. The van der Waals surface area contributed by atoms with E-state index >= 15 is 0 Å². The van der Waals surface area contributed by atoms with Gasteiger partial charge in [0.25, 0.3) is 0 Å². The minimum Gasteiger partial charge on any atom is -0.393 e. The van der Waals surface area contributed by atoms with Crippen molar-refractivity contribution in [2.45, 2.75) is 44.2 Å². The first-order valence-corrected chi connectivity index (χ1v) is 13.2. The fraction of sp³-hybridized carbons (Fsp3) is 0.250. The third kappa shape index (κ3) is 5.24. The summed E-state index contributed by atoms with van der Waals surface area (Å²) < 4.78 is 1.11. The van der Waals surface area contributed by atoms with Gasteiger partial charge in [-0.3, -0.25) is 5.10 Å². The van der Waals surface area contributed by atoms with Crippen LogP contribution in [0.3, 0.4) is 0 Å². The molecule has 7 nitrogen and oxygen atoms in total. The summed E-state index contributed by atoms with van der Waals surface area (Å²) in [6.45, 7) is 0. The average Bonchev–Trinajstić information content (AvgIpc) is 3.55. The lowest BCUT2D eigenvalue weighted by molar-refractivity contribution is 0.126. The standard InChI is InChI=1S/C28H28N6OS/c35-23-9-7-22(8-10-23)31-26-13-19(12-18-4-2-1-3-5-18)14-27(33-26)34-28-32-24-11-6-20(15-25(24)36-28)21-16-29-30-17-21/h1-6,11,13-17,22-23,35H,7-10,12H2,(H,29,30)(H2,31,32,33,34)/t22-,23-. The van der Waals surface area contributed by atoms with E-state index in [1.807, 2.05) is 24.5 Å². The highest BCUT2D eigenvalue weighted by Crippen LogP contribution is 2.32. The number of aromatic nitrogens is 4. The van der Waals surface area contributed by atoms with Crippen LogP contribution >= 0.6 is 11.3 Å². The van der Waals surface area contributed by atoms with Crippen molar-refractivity contribution in [1.82, 2.24) is 20.2 Å². The van der Waals surface area contributed by atoms with Crippen LogP contribution in [-0.2, 0) is 6.42 Å². The predicted octanol–water partition coefficient (Wildman–Crippen LogP) is 6.13. The van der Waals surface area contributed by atoms with Crippen LogP contribution in [0.2, 0.25) is 0 Å². The number of H-pyrrole nitrogens is 1. The van der Waals surface area contributed by atoms with Gasteiger partial charge in [-0.05, 0) is 73.1 Å². The number of pyridine rings is 1. The first-order chi connectivity index (χ1) is 17.7. The number of aromatic amines is 1. The van der Waals surface area contributed by atoms with Crippen LogP contribution in [-0.4, -0.2) is 37.4 Å². The van der Waals surface area contributed by atoms with E-state index in [1.165, 1.54) is 11.1 Å². The second-order valence-electron chi connectivity index (χ2n) is 9.37. The smallest absolute Gasteiger partial charge is 0.189 e. The number of nitrogens with zero attached hydrogens (tertiary/aromatic N) is 3. The molecule has 0 atom stereocenters. The van der Waals surface area contributed by atoms with Gasteiger partial charge >= 0.3 is 0 Å². The molecule has 36 heavy (non-hydrogen) atoms. The maximum Gasteiger partial charge on any atom is 0.189 e. The number of hydrogen-bond acceptors (Lipinski definition) is 7. The molecule has 0 aliphatic heterocycles. The Kier molecular flexibility index (Phi) is 6.36. The third-order valence-electron chi connectivity index (χ3n) is 6.64. The average molecular weight is 497 g/mol. The van der Waals surface area contributed by atoms with Crippen LogP contribution in [0, 0.1) is 0 Å². The van der Waals surface area contributed by atoms with E-state index in [1.54, 1.807) is 11.3 Å². The summed E-state index contributed by atoms with van der Waals surface area (Å²) in [5.74, 6) is 1.63. The zero-order valence-electron chi connectivity index (χ0n) is 19.8. The molecule has 5 aromatic rings. The first-order valence-electron chi connectivity index (χ1n) is 12.3. The van der Waals surface area contributed by atoms with E-state index in [9.17, 15) is 5.11 Å². The van der Waals surface area contributed by atoms with Crippen LogP contribution in [0.4, 0.5) is 16.8 Å². The molecule has 1 aliphatic carbocycles. The molecule has 1 fully saturated rings. The highest BCUT2D eigenvalue weighted by molar-refractivity contribution is 7.22. The minimum atomic E-state index is -0.175. The van der Waals surface area contributed by atoms with Gasteiger partial charge in [0.15, 0.2) is 5.13 Å². The molecule has 0 saturated heterocycles. The van der Waals surface area contributed by atoms with Crippen molar-refractivity contribution in [2.75, 3.05) is 10.6 Å². The fourth-order valence-electron chi connectivity index (χ4n) is 4.76. The Balaban J connectivity index is 1.27. The number of anilines is 3. The van der Waals surface area contributed by atoms with E-state index in [2.05, 4.69) is 69.4 Å². The van der Waals surface area contributed by atoms with Gasteiger partial charge in [-0.1, -0.05) is 47.7 Å². The highest BCUT2D eigenvalue weighted by atomic mass is 32.1. The largest absolute Gasteiger partial charge is 0.393 e. The Labute approximate surface area is 213 Å². The van der Waals surface area contributed by atoms with Crippen molar-refractivity contribution < 1.29 is 5.11 Å². The van der Waals surface area contributed by atoms with Gasteiger partial charge in [0, 0.05) is 17.8 Å². The number of hydrogen-bond donors (Lipinski definition) is 4. The lowest BCUT2D eigenvalue weighted by Crippen LogP contribution is -2.28. The molecular weight excluding hydrogens is 468 g/mol. The SMILES string of the molecule is O[C@H]1CC[C@H](Nc2cc(Cc3ccccc3)cc(Nc3nc4ccc(-c5cn[nH]c5)cc4s3)n2)CC1. The second kappa shape index (κ2) is 10.1. The van der Waals surface area contributed by atoms with Crippen molar-refractivity contribution in [3.63, 3.8) is 0 Å². The van der Waals surface area contributed by atoms with Crippen LogP contribution in [0.25, 0.3) is 21.3 Å². The summed E-state index contributed by atoms with van der Waals surface area (Å²) in [7, 11) is 0. The lowest BCUT2D eigenvalue weighted by Gasteiger charge is -2.27. The summed E-state index contributed by atoms with van der Waals surface area (Å²) in [6, 6.07) is 21.3. The Bertz CT molecular complexity index is 1440. The van der Waals surface area contributed by atoms with Gasteiger partial charge in [0.05, 0.1) is 22.5 Å². The molecular formula is C28H28N6OS. The molecule has 4 N–H and O–H groups in total. The maximum atomic E-state index is 9.88. The Hall–Kier alpha value is -3.75. The number of nitrogens with one attached hydrogen (secondary N) is 3. The zero-order chi connectivity index (χ0) is 24.3. The molecule has 1 aliphatic rings. The van der Waals surface area contributed by atoms with Gasteiger partial charge in [0.2, 0.25) is 0 Å². The maximum absolute atomic E-state index is 9.88. The van der Waals surface area contributed by atoms with E-state index in [0.717, 1.165) is 70.2 Å². The van der Waals surface area contributed by atoms with E-state index < -0.39 is 0 Å². The number of thiazole rings is 1.